The Hall–Kier alpha value is -1.54. The van der Waals surface area contributed by atoms with Gasteiger partial charge in [-0.05, 0) is 44.9 Å². The summed E-state index contributed by atoms with van der Waals surface area (Å²) in [7, 11) is 1.65. The first-order valence-electron chi connectivity index (χ1n) is 17.9. The summed E-state index contributed by atoms with van der Waals surface area (Å²) in [5, 5.41) is 0. The van der Waals surface area contributed by atoms with Crippen LogP contribution in [0.5, 0.6) is 0 Å². The molecule has 1 N–H and O–H groups in total. The van der Waals surface area contributed by atoms with Gasteiger partial charge in [0, 0.05) is 13.0 Å². The highest BCUT2D eigenvalue weighted by Crippen LogP contribution is 2.43. The third-order valence-electron chi connectivity index (χ3n) is 7.21. The number of esters is 1. The van der Waals surface area contributed by atoms with Crippen molar-refractivity contribution in [3.63, 3.8) is 0 Å². The molecule has 0 aromatic rings. The summed E-state index contributed by atoms with van der Waals surface area (Å²) in [4.78, 5) is 21.7. The molecule has 0 aromatic carbocycles. The average molecular weight is 671 g/mol. The van der Waals surface area contributed by atoms with Crippen molar-refractivity contribution in [3.8, 4) is 0 Å². The summed E-state index contributed by atoms with van der Waals surface area (Å²) < 4.78 is 33.9. The molecule has 0 amide bonds. The van der Waals surface area contributed by atoms with E-state index in [2.05, 4.69) is 55.5 Å². The minimum Gasteiger partial charge on any atom is -0.457 e. The third-order valence-corrected chi connectivity index (χ3v) is 8.19. The highest BCUT2D eigenvalue weighted by atomic mass is 31.2. The number of carbonyl (C=O) groups excluding carboxylic acids is 1. The monoisotopic (exact) mass is 670 g/mol. The number of ether oxygens (including phenoxy) is 2. The highest BCUT2D eigenvalue weighted by molar-refractivity contribution is 7.47. The minimum absolute atomic E-state index is 0.0843. The van der Waals surface area contributed by atoms with Crippen LogP contribution in [-0.2, 0) is 27.9 Å². The summed E-state index contributed by atoms with van der Waals surface area (Å²) in [6, 6.07) is 0. The molecule has 0 rings (SSSR count). The molecule has 0 radical (unpaired) electrons. The molecule has 0 aromatic heterocycles. The highest BCUT2D eigenvalue weighted by Gasteiger charge is 2.26. The van der Waals surface area contributed by atoms with E-state index in [4.69, 9.17) is 18.5 Å². The Morgan fingerprint density at radius 2 is 1.17 bits per heavy atom. The summed E-state index contributed by atoms with van der Waals surface area (Å²) in [5.41, 5.74) is 0. The van der Waals surface area contributed by atoms with E-state index < -0.39 is 19.9 Å². The van der Waals surface area contributed by atoms with E-state index >= 15 is 0 Å². The number of allylic oxidation sites excluding steroid dienone is 8. The molecule has 0 heterocycles. The van der Waals surface area contributed by atoms with E-state index in [0.717, 1.165) is 38.5 Å². The predicted molar refractivity (Wildman–Crippen MR) is 192 cm³/mol. The molecule has 46 heavy (non-hydrogen) atoms. The second-order valence-corrected chi connectivity index (χ2v) is 14.3. The lowest BCUT2D eigenvalue weighted by Crippen LogP contribution is -2.37. The molecule has 0 bridgehead atoms. The van der Waals surface area contributed by atoms with Gasteiger partial charge in [-0.1, -0.05) is 120 Å². The van der Waals surface area contributed by atoms with Crippen LogP contribution in [0.2, 0.25) is 0 Å². The van der Waals surface area contributed by atoms with E-state index in [1.165, 1.54) is 64.2 Å². The quantitative estimate of drug-likeness (QED) is 0.0251. The second kappa shape index (κ2) is 30.8. The number of hydrogen-bond donors (Lipinski definition) is 1. The van der Waals surface area contributed by atoms with Crippen LogP contribution in [0, 0.1) is 0 Å². The Bertz CT molecular complexity index is 879. The smallest absolute Gasteiger partial charge is 0.457 e. The zero-order valence-corrected chi connectivity index (χ0v) is 30.9. The second-order valence-electron chi connectivity index (χ2n) is 12.8. The average Bonchev–Trinajstić information content (AvgIpc) is 3.00. The fraction of sp³-hybridized carbons (Fsp3) is 0.757. The normalized spacial score (nSPS) is 14.7. The molecule has 0 aliphatic carbocycles. The fourth-order valence-electron chi connectivity index (χ4n) is 4.40. The Labute approximate surface area is 282 Å². The Balaban J connectivity index is 3.72. The zero-order valence-electron chi connectivity index (χ0n) is 30.0. The molecule has 0 spiro atoms. The number of unbranched alkanes of at least 4 members (excludes halogenated alkanes) is 11. The van der Waals surface area contributed by atoms with E-state index in [1.807, 2.05) is 21.1 Å². The van der Waals surface area contributed by atoms with Gasteiger partial charge in [-0.3, -0.25) is 13.8 Å². The number of rotatable bonds is 32. The predicted octanol–water partition coefficient (Wildman–Crippen LogP) is 9.65. The number of phosphoric ester groups is 1. The summed E-state index contributed by atoms with van der Waals surface area (Å²) in [6.45, 7) is 4.91. The molecular formula is C37H69NO7P+. The zero-order chi connectivity index (χ0) is 34.2. The first-order chi connectivity index (χ1) is 22.1. The molecular weight excluding hydrogens is 601 g/mol. The fourth-order valence-corrected chi connectivity index (χ4v) is 5.14. The molecule has 2 atom stereocenters. The van der Waals surface area contributed by atoms with Crippen LogP contribution in [0.15, 0.2) is 48.6 Å². The molecule has 2 unspecified atom stereocenters. The van der Waals surface area contributed by atoms with Crippen molar-refractivity contribution in [2.24, 2.45) is 0 Å². The molecule has 0 saturated carbocycles. The summed E-state index contributed by atoms with van der Waals surface area (Å²) >= 11 is 0. The first kappa shape index (κ1) is 44.5. The van der Waals surface area contributed by atoms with Crippen molar-refractivity contribution < 1.29 is 37.3 Å². The van der Waals surface area contributed by atoms with Gasteiger partial charge in [-0.25, -0.2) is 4.57 Å². The van der Waals surface area contributed by atoms with Crippen LogP contribution in [0.4, 0.5) is 0 Å². The van der Waals surface area contributed by atoms with Crippen LogP contribution in [0.25, 0.3) is 0 Å². The molecule has 8 nitrogen and oxygen atoms in total. The number of quaternary nitrogens is 1. The van der Waals surface area contributed by atoms with Crippen LogP contribution in [0.1, 0.15) is 123 Å². The van der Waals surface area contributed by atoms with Crippen molar-refractivity contribution in [1.29, 1.82) is 0 Å². The van der Waals surface area contributed by atoms with E-state index in [1.54, 1.807) is 6.92 Å². The van der Waals surface area contributed by atoms with Gasteiger partial charge < -0.3 is 18.9 Å². The lowest BCUT2D eigenvalue weighted by Gasteiger charge is -2.24. The van der Waals surface area contributed by atoms with Crippen molar-refractivity contribution in [3.05, 3.63) is 48.6 Å². The first-order valence-corrected chi connectivity index (χ1v) is 19.4. The van der Waals surface area contributed by atoms with E-state index in [-0.39, 0.29) is 26.2 Å². The van der Waals surface area contributed by atoms with Gasteiger partial charge in [-0.15, -0.1) is 0 Å². The maximum atomic E-state index is 12.2. The van der Waals surface area contributed by atoms with Gasteiger partial charge in [0.1, 0.15) is 19.3 Å². The van der Waals surface area contributed by atoms with Gasteiger partial charge in [0.25, 0.3) is 0 Å². The van der Waals surface area contributed by atoms with Gasteiger partial charge in [-0.2, -0.15) is 0 Å². The molecule has 0 saturated heterocycles. The lowest BCUT2D eigenvalue weighted by molar-refractivity contribution is -0.870. The number of carbonyl (C=O) groups is 1. The van der Waals surface area contributed by atoms with E-state index in [9.17, 15) is 14.3 Å². The van der Waals surface area contributed by atoms with Crippen LogP contribution >= 0.6 is 7.82 Å². The molecule has 0 aliphatic rings. The summed E-state index contributed by atoms with van der Waals surface area (Å²) in [6.07, 6.45) is 36.5. The lowest BCUT2D eigenvalue weighted by atomic mass is 10.1. The van der Waals surface area contributed by atoms with Crippen molar-refractivity contribution >= 4 is 13.8 Å². The number of nitrogens with zero attached hydrogens (tertiary/aromatic N) is 1. The van der Waals surface area contributed by atoms with Crippen LogP contribution in [0.3, 0.4) is 0 Å². The number of hydrogen-bond acceptors (Lipinski definition) is 6. The SMILES string of the molecule is CC/C=C\C/C=C\C/C=C\C/C=C\CCCCCCCCCCCCCOCC(COP(=O)(O)OCC[N+](C)(C)C)OC(=O)CC. The van der Waals surface area contributed by atoms with Crippen molar-refractivity contribution in [2.45, 2.75) is 129 Å². The standard InChI is InChI=1S/C37H68NO7P/c1-6-8-9-10-11-12-13-14-15-16-17-18-19-20-21-22-23-24-25-26-27-28-29-30-32-42-34-36(45-37(39)7-2)35-44-46(40,41)43-33-31-38(3,4)5/h8-9,11-12,14-15,17-18,36H,6-7,10,13,16,19-35H2,1-5H3/p+1/b9-8-,12-11-,15-14-,18-17-. The Morgan fingerprint density at radius 3 is 1.70 bits per heavy atom. The number of likely N-dealkylation sites (N-methyl/N-ethyl adjacent to an activating group) is 1. The van der Waals surface area contributed by atoms with Gasteiger partial charge in [0.15, 0.2) is 0 Å². The van der Waals surface area contributed by atoms with Crippen molar-refractivity contribution in [2.75, 3.05) is 54.1 Å². The van der Waals surface area contributed by atoms with Crippen molar-refractivity contribution in [1.82, 2.24) is 0 Å². The maximum absolute atomic E-state index is 12.2. The topological polar surface area (TPSA) is 91.3 Å². The molecule has 0 fully saturated rings. The van der Waals surface area contributed by atoms with Crippen LogP contribution in [-0.4, -0.2) is 75.6 Å². The van der Waals surface area contributed by atoms with Crippen LogP contribution < -0.4 is 0 Å². The maximum Gasteiger partial charge on any atom is 0.472 e. The minimum atomic E-state index is -4.23. The van der Waals surface area contributed by atoms with Gasteiger partial charge in [0.2, 0.25) is 0 Å². The molecule has 0 aliphatic heterocycles. The largest absolute Gasteiger partial charge is 0.472 e. The third kappa shape index (κ3) is 33.8. The number of phosphoric acid groups is 1. The molecule has 9 heteroatoms. The Morgan fingerprint density at radius 1 is 0.674 bits per heavy atom. The molecule has 268 valence electrons. The van der Waals surface area contributed by atoms with E-state index in [0.29, 0.717) is 17.6 Å². The summed E-state index contributed by atoms with van der Waals surface area (Å²) in [5.74, 6) is -0.405. The Kier molecular flexibility index (Phi) is 29.7. The van der Waals surface area contributed by atoms with Gasteiger partial charge >= 0.3 is 13.8 Å². The van der Waals surface area contributed by atoms with Gasteiger partial charge in [0.05, 0.1) is 34.4 Å².